The van der Waals surface area contributed by atoms with Gasteiger partial charge in [-0.2, -0.15) is 9.97 Å². The van der Waals surface area contributed by atoms with Gasteiger partial charge in [-0.25, -0.2) is 0 Å². The number of hydrogen-bond acceptors (Lipinski definition) is 5. The van der Waals surface area contributed by atoms with Crippen LogP contribution in [-0.4, -0.2) is 41.7 Å². The zero-order chi connectivity index (χ0) is 14.0. The largest absolute Gasteiger partial charge is 0.366 e. The van der Waals surface area contributed by atoms with Crippen molar-refractivity contribution in [1.82, 2.24) is 15.3 Å². The van der Waals surface area contributed by atoms with Gasteiger partial charge in [-0.3, -0.25) is 0 Å². The third-order valence-corrected chi connectivity index (χ3v) is 3.71. The SMILES string of the molecule is CC(C)Nc1nc(N2CCNCC2C)nc(Cl)c1Cl. The maximum Gasteiger partial charge on any atom is 0.229 e. The summed E-state index contributed by atoms with van der Waals surface area (Å²) in [7, 11) is 0. The Labute approximate surface area is 123 Å². The molecule has 0 amide bonds. The van der Waals surface area contributed by atoms with E-state index >= 15 is 0 Å². The summed E-state index contributed by atoms with van der Waals surface area (Å²) in [5, 5.41) is 7.20. The molecule has 2 N–H and O–H groups in total. The first-order valence-corrected chi connectivity index (χ1v) is 7.21. The normalized spacial score (nSPS) is 19.9. The van der Waals surface area contributed by atoms with E-state index in [4.69, 9.17) is 23.2 Å². The highest BCUT2D eigenvalue weighted by Gasteiger charge is 2.23. The summed E-state index contributed by atoms with van der Waals surface area (Å²) >= 11 is 12.2. The van der Waals surface area contributed by atoms with Crippen molar-refractivity contribution in [3.8, 4) is 0 Å². The minimum Gasteiger partial charge on any atom is -0.366 e. The van der Waals surface area contributed by atoms with E-state index in [1.807, 2.05) is 13.8 Å². The summed E-state index contributed by atoms with van der Waals surface area (Å²) < 4.78 is 0. The minimum absolute atomic E-state index is 0.233. The maximum absolute atomic E-state index is 6.13. The number of aromatic nitrogens is 2. The lowest BCUT2D eigenvalue weighted by Gasteiger charge is -2.34. The minimum atomic E-state index is 0.233. The average molecular weight is 304 g/mol. The first-order chi connectivity index (χ1) is 8.99. The van der Waals surface area contributed by atoms with E-state index in [-0.39, 0.29) is 6.04 Å². The third-order valence-electron chi connectivity index (χ3n) is 2.98. The van der Waals surface area contributed by atoms with Gasteiger partial charge in [0.25, 0.3) is 0 Å². The summed E-state index contributed by atoms with van der Waals surface area (Å²) in [5.74, 6) is 1.23. The van der Waals surface area contributed by atoms with Gasteiger partial charge >= 0.3 is 0 Å². The van der Waals surface area contributed by atoms with Crippen LogP contribution in [0.4, 0.5) is 11.8 Å². The van der Waals surface area contributed by atoms with Gasteiger partial charge in [0.2, 0.25) is 5.95 Å². The summed E-state index contributed by atoms with van der Waals surface area (Å²) in [6.07, 6.45) is 0. The van der Waals surface area contributed by atoms with E-state index in [1.54, 1.807) is 0 Å². The first-order valence-electron chi connectivity index (χ1n) is 6.46. The highest BCUT2D eigenvalue weighted by molar-refractivity contribution is 6.42. The second-order valence-electron chi connectivity index (χ2n) is 5.02. The van der Waals surface area contributed by atoms with Crippen LogP contribution in [0, 0.1) is 0 Å². The second kappa shape index (κ2) is 6.11. The molecule has 2 heterocycles. The highest BCUT2D eigenvalue weighted by Crippen LogP contribution is 2.30. The van der Waals surface area contributed by atoms with Crippen molar-refractivity contribution in [3.63, 3.8) is 0 Å². The first kappa shape index (κ1) is 14.6. The zero-order valence-corrected chi connectivity index (χ0v) is 12.9. The van der Waals surface area contributed by atoms with Crippen LogP contribution >= 0.6 is 23.2 Å². The Kier molecular flexibility index (Phi) is 4.71. The van der Waals surface area contributed by atoms with Crippen molar-refractivity contribution in [2.24, 2.45) is 0 Å². The molecule has 0 saturated carbocycles. The van der Waals surface area contributed by atoms with Crippen molar-refractivity contribution in [3.05, 3.63) is 10.2 Å². The van der Waals surface area contributed by atoms with Crippen LogP contribution in [0.2, 0.25) is 10.2 Å². The van der Waals surface area contributed by atoms with Gasteiger partial charge in [0.15, 0.2) is 11.0 Å². The van der Waals surface area contributed by atoms with Crippen LogP contribution in [0.25, 0.3) is 0 Å². The van der Waals surface area contributed by atoms with Crippen LogP contribution in [0.3, 0.4) is 0 Å². The van der Waals surface area contributed by atoms with E-state index in [0.717, 1.165) is 19.6 Å². The van der Waals surface area contributed by atoms with E-state index in [1.165, 1.54) is 0 Å². The predicted octanol–water partition coefficient (Wildman–Crippen LogP) is 2.40. The predicted molar refractivity (Wildman–Crippen MR) is 80.5 cm³/mol. The molecule has 0 bridgehead atoms. The fourth-order valence-electron chi connectivity index (χ4n) is 2.04. The van der Waals surface area contributed by atoms with Gasteiger partial charge in [-0.05, 0) is 20.8 Å². The monoisotopic (exact) mass is 303 g/mol. The molecular weight excluding hydrogens is 285 g/mol. The zero-order valence-electron chi connectivity index (χ0n) is 11.4. The number of nitrogens with one attached hydrogen (secondary N) is 2. The molecule has 7 heteroatoms. The maximum atomic E-state index is 6.13. The molecule has 1 saturated heterocycles. The summed E-state index contributed by atoms with van der Waals surface area (Å²) in [6, 6.07) is 0.564. The van der Waals surface area contributed by atoms with Gasteiger partial charge in [0, 0.05) is 31.7 Å². The molecule has 1 atom stereocenters. The molecular formula is C12H19Cl2N5. The Morgan fingerprint density at radius 2 is 2.11 bits per heavy atom. The van der Waals surface area contributed by atoms with E-state index < -0.39 is 0 Å². The van der Waals surface area contributed by atoms with Gasteiger partial charge in [0.1, 0.15) is 5.02 Å². The lowest BCUT2D eigenvalue weighted by molar-refractivity contribution is 0.493. The lowest BCUT2D eigenvalue weighted by Crippen LogP contribution is -2.50. The van der Waals surface area contributed by atoms with Crippen molar-refractivity contribution >= 4 is 35.0 Å². The third kappa shape index (κ3) is 3.41. The van der Waals surface area contributed by atoms with E-state index in [2.05, 4.69) is 32.4 Å². The number of nitrogens with zero attached hydrogens (tertiary/aromatic N) is 3. The molecule has 0 radical (unpaired) electrons. The molecule has 1 unspecified atom stereocenters. The summed E-state index contributed by atoms with van der Waals surface area (Å²) in [6.45, 7) is 8.88. The Morgan fingerprint density at radius 3 is 2.74 bits per heavy atom. The molecule has 1 fully saturated rings. The Morgan fingerprint density at radius 1 is 1.37 bits per heavy atom. The van der Waals surface area contributed by atoms with Crippen molar-refractivity contribution in [2.75, 3.05) is 29.9 Å². The lowest BCUT2D eigenvalue weighted by atomic mass is 10.2. The van der Waals surface area contributed by atoms with Crippen molar-refractivity contribution in [1.29, 1.82) is 0 Å². The topological polar surface area (TPSA) is 53.1 Å². The molecule has 5 nitrogen and oxygen atoms in total. The van der Waals surface area contributed by atoms with Crippen LogP contribution in [0.1, 0.15) is 20.8 Å². The fourth-order valence-corrected chi connectivity index (χ4v) is 2.35. The van der Waals surface area contributed by atoms with E-state index in [9.17, 15) is 0 Å². The average Bonchev–Trinajstić information content (AvgIpc) is 2.35. The van der Waals surface area contributed by atoms with Gasteiger partial charge in [-0.1, -0.05) is 23.2 Å². The Hall–Kier alpha value is -0.780. The molecule has 1 aromatic heterocycles. The van der Waals surface area contributed by atoms with Gasteiger partial charge < -0.3 is 15.5 Å². The van der Waals surface area contributed by atoms with Gasteiger partial charge in [-0.15, -0.1) is 0 Å². The second-order valence-corrected chi connectivity index (χ2v) is 5.76. The summed E-state index contributed by atoms with van der Waals surface area (Å²) in [4.78, 5) is 10.9. The number of anilines is 2. The quantitative estimate of drug-likeness (QED) is 0.840. The van der Waals surface area contributed by atoms with Gasteiger partial charge in [0.05, 0.1) is 0 Å². The number of piperazine rings is 1. The summed E-state index contributed by atoms with van der Waals surface area (Å²) in [5.41, 5.74) is 0. The molecule has 19 heavy (non-hydrogen) atoms. The van der Waals surface area contributed by atoms with E-state index in [0.29, 0.717) is 28.0 Å². The van der Waals surface area contributed by atoms with Crippen molar-refractivity contribution in [2.45, 2.75) is 32.9 Å². The number of rotatable bonds is 3. The van der Waals surface area contributed by atoms with Crippen LogP contribution in [-0.2, 0) is 0 Å². The molecule has 0 aliphatic carbocycles. The molecule has 1 aliphatic rings. The molecule has 1 aromatic rings. The van der Waals surface area contributed by atoms with Crippen LogP contribution in [0.5, 0.6) is 0 Å². The molecule has 2 rings (SSSR count). The Balaban J connectivity index is 2.32. The standard InChI is InChI=1S/C12H19Cl2N5/c1-7(2)16-11-9(13)10(14)17-12(18-11)19-5-4-15-6-8(19)3/h7-8,15H,4-6H2,1-3H3,(H,16,17,18). The number of halogens is 2. The number of hydrogen-bond donors (Lipinski definition) is 2. The smallest absolute Gasteiger partial charge is 0.229 e. The van der Waals surface area contributed by atoms with Crippen LogP contribution in [0.15, 0.2) is 0 Å². The molecule has 1 aliphatic heterocycles. The Bertz CT molecular complexity index is 452. The van der Waals surface area contributed by atoms with Crippen LogP contribution < -0.4 is 15.5 Å². The fraction of sp³-hybridized carbons (Fsp3) is 0.667. The highest BCUT2D eigenvalue weighted by atomic mass is 35.5. The molecule has 106 valence electrons. The van der Waals surface area contributed by atoms with Crippen molar-refractivity contribution < 1.29 is 0 Å². The molecule has 0 aromatic carbocycles. The molecule has 0 spiro atoms.